The third-order valence-electron chi connectivity index (χ3n) is 5.68. The molecule has 37 heavy (non-hydrogen) atoms. The molecule has 10 heteroatoms. The summed E-state index contributed by atoms with van der Waals surface area (Å²) in [5.41, 5.74) is 2.34. The number of sulfone groups is 1. The van der Waals surface area contributed by atoms with Gasteiger partial charge >= 0.3 is 0 Å². The van der Waals surface area contributed by atoms with Crippen molar-refractivity contribution in [1.29, 1.82) is 0 Å². The molecule has 8 nitrogen and oxygen atoms in total. The summed E-state index contributed by atoms with van der Waals surface area (Å²) in [7, 11) is -2.08. The van der Waals surface area contributed by atoms with Gasteiger partial charge in [-0.25, -0.2) is 8.42 Å². The number of benzene rings is 3. The lowest BCUT2D eigenvalue weighted by atomic mass is 10.2. The summed E-state index contributed by atoms with van der Waals surface area (Å²) in [4.78, 5) is 13.3. The molecule has 0 aliphatic carbocycles. The number of aromatic nitrogens is 3. The van der Waals surface area contributed by atoms with Crippen LogP contribution in [0, 0.1) is 6.92 Å². The summed E-state index contributed by atoms with van der Waals surface area (Å²) < 4.78 is 33.2. The molecule has 192 valence electrons. The van der Waals surface area contributed by atoms with E-state index >= 15 is 0 Å². The second-order valence-corrected chi connectivity index (χ2v) is 11.5. The summed E-state index contributed by atoms with van der Waals surface area (Å²) in [5, 5.41) is 11.4. The van der Waals surface area contributed by atoms with E-state index in [1.807, 2.05) is 44.2 Å². The number of anilines is 1. The molecular weight excluding hydrogens is 508 g/mol. The number of amides is 1. The Bertz CT molecular complexity index is 1450. The van der Waals surface area contributed by atoms with E-state index in [1.165, 1.54) is 11.8 Å². The minimum Gasteiger partial charge on any atom is -0.497 e. The zero-order chi connectivity index (χ0) is 26.4. The average molecular weight is 537 g/mol. The van der Waals surface area contributed by atoms with Crippen LogP contribution in [0.1, 0.15) is 24.7 Å². The van der Waals surface area contributed by atoms with Crippen LogP contribution in [0.15, 0.2) is 88.9 Å². The van der Waals surface area contributed by atoms with Crippen molar-refractivity contribution in [3.05, 3.63) is 90.3 Å². The molecular formula is C27H28N4O4S2. The van der Waals surface area contributed by atoms with Crippen LogP contribution >= 0.6 is 11.8 Å². The number of carbonyl (C=O) groups excluding carboxylic acids is 1. The van der Waals surface area contributed by atoms with Gasteiger partial charge in [-0.05, 0) is 61.9 Å². The normalized spacial score (nSPS) is 12.2. The molecule has 1 heterocycles. The van der Waals surface area contributed by atoms with Crippen molar-refractivity contribution in [3.8, 4) is 11.4 Å². The van der Waals surface area contributed by atoms with Gasteiger partial charge in [0.15, 0.2) is 20.8 Å². The topological polar surface area (TPSA) is 103 Å². The van der Waals surface area contributed by atoms with Crippen molar-refractivity contribution >= 4 is 33.2 Å². The van der Waals surface area contributed by atoms with Gasteiger partial charge in [0.2, 0.25) is 5.91 Å². The molecule has 1 unspecified atom stereocenters. The predicted molar refractivity (Wildman–Crippen MR) is 145 cm³/mol. The predicted octanol–water partition coefficient (Wildman–Crippen LogP) is 5.07. The van der Waals surface area contributed by atoms with E-state index in [1.54, 1.807) is 60.2 Å². The smallest absolute Gasteiger partial charge is 0.237 e. The number of rotatable bonds is 10. The summed E-state index contributed by atoms with van der Waals surface area (Å²) in [6.45, 7) is 3.82. The third-order valence-corrected chi connectivity index (χ3v) is 8.62. The molecule has 0 fully saturated rings. The van der Waals surface area contributed by atoms with E-state index in [4.69, 9.17) is 4.74 Å². The Hall–Kier alpha value is -3.63. The van der Waals surface area contributed by atoms with Gasteiger partial charge in [-0.3, -0.25) is 9.36 Å². The number of ether oxygens (including phenoxy) is 1. The van der Waals surface area contributed by atoms with Gasteiger partial charge in [0.25, 0.3) is 0 Å². The highest BCUT2D eigenvalue weighted by Gasteiger charge is 2.26. The fourth-order valence-corrected chi connectivity index (χ4v) is 5.89. The lowest BCUT2D eigenvalue weighted by molar-refractivity contribution is -0.115. The molecule has 0 aliphatic heterocycles. The number of hydrogen-bond donors (Lipinski definition) is 1. The van der Waals surface area contributed by atoms with E-state index in [9.17, 15) is 13.2 Å². The molecule has 0 saturated carbocycles. The first-order valence-corrected chi connectivity index (χ1v) is 14.2. The van der Waals surface area contributed by atoms with E-state index in [2.05, 4.69) is 15.5 Å². The number of methoxy groups -OCH3 is 1. The maximum absolute atomic E-state index is 13.2. The second kappa shape index (κ2) is 11.6. The monoisotopic (exact) mass is 536 g/mol. The van der Waals surface area contributed by atoms with Gasteiger partial charge < -0.3 is 10.1 Å². The van der Waals surface area contributed by atoms with E-state index < -0.39 is 15.1 Å². The van der Waals surface area contributed by atoms with Crippen LogP contribution in [-0.2, 0) is 20.4 Å². The van der Waals surface area contributed by atoms with Crippen LogP contribution in [0.2, 0.25) is 0 Å². The number of nitrogens with zero attached hydrogens (tertiary/aromatic N) is 3. The number of para-hydroxylation sites is 1. The summed E-state index contributed by atoms with van der Waals surface area (Å²) >= 11 is 1.25. The molecule has 0 radical (unpaired) electrons. The average Bonchev–Trinajstić information content (AvgIpc) is 3.29. The summed E-state index contributed by atoms with van der Waals surface area (Å²) in [6.07, 6.45) is 0.533. The van der Waals surface area contributed by atoms with Gasteiger partial charge in [0.05, 0.1) is 17.3 Å². The van der Waals surface area contributed by atoms with Crippen molar-refractivity contribution in [3.63, 3.8) is 0 Å². The molecule has 0 spiro atoms. The van der Waals surface area contributed by atoms with Crippen molar-refractivity contribution in [1.82, 2.24) is 14.8 Å². The van der Waals surface area contributed by atoms with Crippen LogP contribution in [0.4, 0.5) is 5.69 Å². The summed E-state index contributed by atoms with van der Waals surface area (Å²) in [6, 6.07) is 23.1. The van der Waals surface area contributed by atoms with Crippen LogP contribution in [0.5, 0.6) is 5.75 Å². The molecule has 1 N–H and O–H groups in total. The zero-order valence-electron chi connectivity index (χ0n) is 20.8. The SMILES string of the molecule is CCC(Sc1nnc(CS(=O)(=O)c2ccc(C)cc2)n1-c1ccccc1)C(=O)Nc1ccc(OC)cc1. The highest BCUT2D eigenvalue weighted by molar-refractivity contribution is 8.00. The quantitative estimate of drug-likeness (QED) is 0.282. The fraction of sp³-hybridized carbons (Fsp3) is 0.222. The number of carbonyl (C=O) groups is 1. The molecule has 0 aliphatic rings. The van der Waals surface area contributed by atoms with E-state index in [0.717, 1.165) is 11.3 Å². The molecule has 1 atom stereocenters. The Morgan fingerprint density at radius 3 is 2.30 bits per heavy atom. The van der Waals surface area contributed by atoms with Crippen LogP contribution < -0.4 is 10.1 Å². The van der Waals surface area contributed by atoms with Crippen LogP contribution in [0.3, 0.4) is 0 Å². The molecule has 4 rings (SSSR count). The molecule has 0 bridgehead atoms. The first kappa shape index (κ1) is 26.4. The van der Waals surface area contributed by atoms with Crippen molar-refractivity contribution in [2.24, 2.45) is 0 Å². The first-order valence-electron chi connectivity index (χ1n) is 11.7. The molecule has 1 amide bonds. The highest BCUT2D eigenvalue weighted by Crippen LogP contribution is 2.30. The molecule has 4 aromatic rings. The largest absolute Gasteiger partial charge is 0.497 e. The maximum Gasteiger partial charge on any atom is 0.237 e. The standard InChI is InChI=1S/C27H28N4O4S2/c1-4-24(26(32)28-20-12-14-22(35-3)15-13-20)36-27-30-29-25(31(27)21-8-6-5-7-9-21)18-37(33,34)23-16-10-19(2)11-17-23/h5-17,24H,4,18H2,1-3H3,(H,28,32). The van der Waals surface area contributed by atoms with Gasteiger partial charge in [-0.1, -0.05) is 54.6 Å². The minimum absolute atomic E-state index is 0.186. The van der Waals surface area contributed by atoms with Crippen LogP contribution in [-0.4, -0.2) is 41.4 Å². The van der Waals surface area contributed by atoms with Crippen LogP contribution in [0.25, 0.3) is 5.69 Å². The Kier molecular flexibility index (Phi) is 8.30. The van der Waals surface area contributed by atoms with Gasteiger partial charge in [-0.15, -0.1) is 10.2 Å². The highest BCUT2D eigenvalue weighted by atomic mass is 32.2. The van der Waals surface area contributed by atoms with Crippen molar-refractivity contribution < 1.29 is 17.9 Å². The van der Waals surface area contributed by atoms with Gasteiger partial charge in [0, 0.05) is 11.4 Å². The third kappa shape index (κ3) is 6.39. The van der Waals surface area contributed by atoms with Gasteiger partial charge in [-0.2, -0.15) is 0 Å². The van der Waals surface area contributed by atoms with E-state index in [-0.39, 0.29) is 22.4 Å². The van der Waals surface area contributed by atoms with Gasteiger partial charge in [0.1, 0.15) is 11.5 Å². The fourth-order valence-electron chi connectivity index (χ4n) is 3.65. The lowest BCUT2D eigenvalue weighted by Crippen LogP contribution is -2.25. The second-order valence-electron chi connectivity index (χ2n) is 8.37. The Morgan fingerprint density at radius 2 is 1.68 bits per heavy atom. The first-order chi connectivity index (χ1) is 17.8. The molecule has 3 aromatic carbocycles. The number of thioether (sulfide) groups is 1. The van der Waals surface area contributed by atoms with Crippen molar-refractivity contribution in [2.75, 3.05) is 12.4 Å². The lowest BCUT2D eigenvalue weighted by Gasteiger charge is -2.16. The number of hydrogen-bond acceptors (Lipinski definition) is 7. The zero-order valence-corrected chi connectivity index (χ0v) is 22.4. The Morgan fingerprint density at radius 1 is 1.00 bits per heavy atom. The molecule has 0 saturated heterocycles. The number of nitrogens with one attached hydrogen (secondary N) is 1. The maximum atomic E-state index is 13.2. The minimum atomic E-state index is -3.67. The molecule has 1 aromatic heterocycles. The van der Waals surface area contributed by atoms with Crippen molar-refractivity contribution in [2.45, 2.75) is 41.3 Å². The number of aryl methyl sites for hydroxylation is 1. The Balaban J connectivity index is 1.62. The van der Waals surface area contributed by atoms with E-state index in [0.29, 0.717) is 23.0 Å². The summed E-state index contributed by atoms with van der Waals surface area (Å²) in [5.74, 6) is 0.463. The Labute approximate surface area is 221 Å².